The second-order valence-electron chi connectivity index (χ2n) is 10.7. The number of fused-ring (bicyclic) bond motifs is 3. The van der Waals surface area contributed by atoms with E-state index in [0.717, 1.165) is 0 Å². The fourth-order valence-corrected chi connectivity index (χ4v) is 6.60. The molecule has 15 heteroatoms. The molecule has 6 N–H and O–H groups in total. The second-order valence-corrected chi connectivity index (χ2v) is 10.7. The number of carbonyl (C=O) groups excluding carboxylic acids is 2. The summed E-state index contributed by atoms with van der Waals surface area (Å²) in [6.45, 7) is -2.48. The SMILES string of the molecule is CO[C@@]12CC(C(N)=O)=C(O)C(N(C)C)[C@@H]1C[C@@H]1Cc3c(c(O)cc(CNCC(F)(F)F)c3C(F)(F)F)C(=O)C1=C2O. The molecule has 0 radical (unpaired) electrons. The van der Waals surface area contributed by atoms with Gasteiger partial charge in [0.2, 0.25) is 5.91 Å². The molecule has 0 spiro atoms. The fraction of sp³-hybridized carbons (Fsp3) is 0.538. The molecule has 9 nitrogen and oxygen atoms in total. The van der Waals surface area contributed by atoms with Gasteiger partial charge in [-0.05, 0) is 50.0 Å². The third-order valence-electron chi connectivity index (χ3n) is 8.17. The summed E-state index contributed by atoms with van der Waals surface area (Å²) in [4.78, 5) is 27.4. The predicted molar refractivity (Wildman–Crippen MR) is 131 cm³/mol. The maximum atomic E-state index is 14.4. The van der Waals surface area contributed by atoms with Gasteiger partial charge in [-0.15, -0.1) is 0 Å². The molecule has 0 bridgehead atoms. The first-order valence-corrected chi connectivity index (χ1v) is 12.5. The number of aliphatic hydroxyl groups excluding tert-OH is 2. The molecule has 41 heavy (non-hydrogen) atoms. The number of halogens is 6. The summed E-state index contributed by atoms with van der Waals surface area (Å²) in [7, 11) is 4.32. The number of benzene rings is 1. The van der Waals surface area contributed by atoms with Gasteiger partial charge >= 0.3 is 12.4 Å². The molecule has 0 saturated carbocycles. The number of aromatic hydroxyl groups is 1. The number of hydrogen-bond donors (Lipinski definition) is 5. The standard InChI is InChI=1S/C26H29F6N3O6/c1-35(2)19-14-5-10-4-12-17(15(36)6-11(18(12)26(30,31)32)8-34-9-25(27,28)29)21(38)16(10)22(39)24(14,41-3)7-13(20(19)37)23(33)40/h6,10,14,19,34,36-37,39H,4-5,7-9H2,1-3H3,(H2,33,40)/t10-,14-,19?,24-/m0/s1. The molecule has 3 aliphatic carbocycles. The summed E-state index contributed by atoms with van der Waals surface area (Å²) in [6, 6.07) is -0.396. The first-order valence-electron chi connectivity index (χ1n) is 12.5. The zero-order valence-corrected chi connectivity index (χ0v) is 22.2. The molecular weight excluding hydrogens is 564 g/mol. The van der Waals surface area contributed by atoms with E-state index >= 15 is 0 Å². The van der Waals surface area contributed by atoms with Crippen LogP contribution < -0.4 is 11.1 Å². The molecule has 0 heterocycles. The Balaban J connectivity index is 1.91. The Morgan fingerprint density at radius 1 is 1.20 bits per heavy atom. The number of nitrogens with one attached hydrogen (secondary N) is 1. The van der Waals surface area contributed by atoms with Gasteiger partial charge in [-0.25, -0.2) is 0 Å². The van der Waals surface area contributed by atoms with Crippen LogP contribution in [-0.4, -0.2) is 77.5 Å². The first kappa shape index (κ1) is 30.7. The van der Waals surface area contributed by atoms with Gasteiger partial charge in [0, 0.05) is 31.6 Å². The third kappa shape index (κ3) is 5.03. The van der Waals surface area contributed by atoms with E-state index in [0.29, 0.717) is 6.07 Å². The Labute approximate surface area is 230 Å². The summed E-state index contributed by atoms with van der Waals surface area (Å²) in [5, 5.41) is 35.0. The van der Waals surface area contributed by atoms with Crippen LogP contribution in [0.15, 0.2) is 28.7 Å². The number of hydrogen-bond acceptors (Lipinski definition) is 8. The fourth-order valence-electron chi connectivity index (χ4n) is 6.60. The number of Topliss-reactive ketones (excluding diaryl/α,β-unsaturated/α-hetero) is 1. The summed E-state index contributed by atoms with van der Waals surface area (Å²) in [5.74, 6) is -5.96. The number of phenolic OH excluding ortho intramolecular Hbond substituents is 1. The normalized spacial score (nSPS) is 26.7. The number of nitrogens with two attached hydrogens (primary N) is 1. The number of rotatable bonds is 6. The van der Waals surface area contributed by atoms with Crippen LogP contribution >= 0.6 is 0 Å². The Hall–Kier alpha value is -3.30. The zero-order valence-electron chi connectivity index (χ0n) is 22.2. The van der Waals surface area contributed by atoms with Gasteiger partial charge in [0.25, 0.3) is 0 Å². The number of carbonyl (C=O) groups is 2. The lowest BCUT2D eigenvalue weighted by molar-refractivity contribution is -0.139. The summed E-state index contributed by atoms with van der Waals surface area (Å²) >= 11 is 0. The number of nitrogens with zero attached hydrogens (tertiary/aromatic N) is 1. The van der Waals surface area contributed by atoms with E-state index in [-0.39, 0.29) is 17.6 Å². The van der Waals surface area contributed by atoms with E-state index in [9.17, 15) is 51.3 Å². The molecule has 0 aliphatic heterocycles. The maximum absolute atomic E-state index is 14.4. The van der Waals surface area contributed by atoms with Crippen molar-refractivity contribution in [3.8, 4) is 5.75 Å². The minimum Gasteiger partial charge on any atom is -0.510 e. The molecule has 3 aliphatic rings. The molecule has 0 aromatic heterocycles. The van der Waals surface area contributed by atoms with Crippen molar-refractivity contribution in [2.45, 2.75) is 49.8 Å². The second kappa shape index (κ2) is 10.2. The van der Waals surface area contributed by atoms with Crippen molar-refractivity contribution in [2.75, 3.05) is 27.7 Å². The van der Waals surface area contributed by atoms with Gasteiger partial charge in [-0.3, -0.25) is 14.5 Å². The lowest BCUT2D eigenvalue weighted by Gasteiger charge is -2.53. The number of primary amides is 1. The Morgan fingerprint density at radius 2 is 1.83 bits per heavy atom. The highest BCUT2D eigenvalue weighted by Crippen LogP contribution is 2.56. The Morgan fingerprint density at radius 3 is 2.34 bits per heavy atom. The number of methoxy groups -OCH3 is 1. The van der Waals surface area contributed by atoms with Crippen LogP contribution in [0, 0.1) is 11.8 Å². The number of aliphatic hydroxyl groups is 2. The van der Waals surface area contributed by atoms with Gasteiger partial charge in [-0.2, -0.15) is 26.3 Å². The van der Waals surface area contributed by atoms with Crippen molar-refractivity contribution in [3.05, 3.63) is 51.0 Å². The van der Waals surface area contributed by atoms with Crippen LogP contribution in [0.5, 0.6) is 5.75 Å². The Kier molecular flexibility index (Phi) is 7.63. The first-order chi connectivity index (χ1) is 18.9. The minimum atomic E-state index is -5.10. The van der Waals surface area contributed by atoms with E-state index in [1.54, 1.807) is 14.1 Å². The largest absolute Gasteiger partial charge is 0.510 e. The van der Waals surface area contributed by atoms with Crippen LogP contribution in [0.3, 0.4) is 0 Å². The molecule has 4 rings (SSSR count). The van der Waals surface area contributed by atoms with E-state index in [1.165, 1.54) is 12.0 Å². The van der Waals surface area contributed by atoms with Crippen LogP contribution in [0.2, 0.25) is 0 Å². The lowest BCUT2D eigenvalue weighted by Crippen LogP contribution is -2.60. The topological polar surface area (TPSA) is 145 Å². The highest BCUT2D eigenvalue weighted by molar-refractivity contribution is 6.13. The summed E-state index contributed by atoms with van der Waals surface area (Å²) in [5.41, 5.74) is -0.214. The third-order valence-corrected chi connectivity index (χ3v) is 8.17. The number of allylic oxidation sites excluding steroid dienone is 1. The number of amides is 1. The van der Waals surface area contributed by atoms with Crippen LogP contribution in [-0.2, 0) is 28.7 Å². The molecule has 1 aromatic rings. The molecule has 226 valence electrons. The Bertz CT molecular complexity index is 1350. The van der Waals surface area contributed by atoms with Gasteiger partial charge in [0.15, 0.2) is 5.78 Å². The van der Waals surface area contributed by atoms with Gasteiger partial charge < -0.3 is 31.1 Å². The van der Waals surface area contributed by atoms with Crippen LogP contribution in [0.4, 0.5) is 26.3 Å². The van der Waals surface area contributed by atoms with Crippen LogP contribution in [0.25, 0.3) is 0 Å². The van der Waals surface area contributed by atoms with Crippen molar-refractivity contribution in [1.82, 2.24) is 10.2 Å². The molecule has 1 amide bonds. The quantitative estimate of drug-likeness (QED) is 0.316. The number of likely N-dealkylation sites (N-methyl/N-ethyl adjacent to an activating group) is 1. The van der Waals surface area contributed by atoms with E-state index < -0.39 is 113 Å². The molecule has 4 atom stereocenters. The molecular formula is C26H29F6N3O6. The lowest BCUT2D eigenvalue weighted by atomic mass is 9.58. The van der Waals surface area contributed by atoms with Gasteiger partial charge in [0.1, 0.15) is 22.9 Å². The van der Waals surface area contributed by atoms with Crippen molar-refractivity contribution in [1.29, 1.82) is 0 Å². The number of ether oxygens (including phenoxy) is 1. The molecule has 0 fully saturated rings. The summed E-state index contributed by atoms with van der Waals surface area (Å²) < 4.78 is 86.7. The van der Waals surface area contributed by atoms with Crippen LogP contribution in [0.1, 0.15) is 39.9 Å². The summed E-state index contributed by atoms with van der Waals surface area (Å²) in [6.07, 6.45) is -10.8. The molecule has 1 aromatic carbocycles. The average molecular weight is 594 g/mol. The monoisotopic (exact) mass is 593 g/mol. The van der Waals surface area contributed by atoms with Crippen molar-refractivity contribution < 1.29 is 56.0 Å². The van der Waals surface area contributed by atoms with Crippen molar-refractivity contribution in [2.24, 2.45) is 17.6 Å². The molecule has 0 saturated heterocycles. The van der Waals surface area contributed by atoms with Crippen molar-refractivity contribution in [3.63, 3.8) is 0 Å². The van der Waals surface area contributed by atoms with E-state index in [1.807, 2.05) is 5.32 Å². The van der Waals surface area contributed by atoms with E-state index in [4.69, 9.17) is 10.5 Å². The smallest absolute Gasteiger partial charge is 0.417 e. The van der Waals surface area contributed by atoms with Crippen molar-refractivity contribution >= 4 is 11.7 Å². The number of alkyl halides is 6. The van der Waals surface area contributed by atoms with Gasteiger partial charge in [-0.1, -0.05) is 0 Å². The zero-order chi connectivity index (χ0) is 30.8. The highest BCUT2D eigenvalue weighted by atomic mass is 19.4. The average Bonchev–Trinajstić information content (AvgIpc) is 2.81. The molecule has 1 unspecified atom stereocenters. The highest BCUT2D eigenvalue weighted by Gasteiger charge is 2.60. The number of phenols is 1. The minimum absolute atomic E-state index is 0.0913. The maximum Gasteiger partial charge on any atom is 0.417 e. The van der Waals surface area contributed by atoms with Gasteiger partial charge in [0.05, 0.1) is 29.3 Å². The van der Waals surface area contributed by atoms with E-state index in [2.05, 4.69) is 0 Å². The predicted octanol–water partition coefficient (Wildman–Crippen LogP) is 3.27. The number of ketones is 1.